The Balaban J connectivity index is 1.25. The molecule has 0 radical (unpaired) electrons. The van der Waals surface area contributed by atoms with Crippen LogP contribution in [0, 0.1) is 12.7 Å². The van der Waals surface area contributed by atoms with E-state index in [4.69, 9.17) is 5.10 Å². The average Bonchev–Trinajstić information content (AvgIpc) is 3.67. The second-order valence-corrected chi connectivity index (χ2v) is 10.7. The lowest BCUT2D eigenvalue weighted by Crippen LogP contribution is -2.28. The third-order valence-electron chi connectivity index (χ3n) is 6.21. The van der Waals surface area contributed by atoms with Gasteiger partial charge in [0.2, 0.25) is 0 Å². The number of hydrogen-bond donors (Lipinski definition) is 1. The molecule has 3 heterocycles. The molecular weight excluding hydrogens is 523 g/mol. The summed E-state index contributed by atoms with van der Waals surface area (Å²) in [5, 5.41) is 19.8. The van der Waals surface area contributed by atoms with Gasteiger partial charge in [-0.15, -0.1) is 21.5 Å². The lowest BCUT2D eigenvalue weighted by molar-refractivity contribution is -0.130. The zero-order valence-corrected chi connectivity index (χ0v) is 22.4. The van der Waals surface area contributed by atoms with E-state index in [-0.39, 0.29) is 29.8 Å². The number of nitrogens with one attached hydrogen (secondary N) is 1. The molecule has 1 aliphatic rings. The SMILES string of the molecule is Cc1ccc(C2CC(c3cccs3)=NN2C(=O)CSc2nnc(CNC(=O)c3ccccc3F)n2C)cc1. The van der Waals surface area contributed by atoms with Crippen LogP contribution in [0.25, 0.3) is 0 Å². The van der Waals surface area contributed by atoms with E-state index in [1.165, 1.54) is 30.0 Å². The van der Waals surface area contributed by atoms with Gasteiger partial charge in [-0.2, -0.15) is 5.10 Å². The summed E-state index contributed by atoms with van der Waals surface area (Å²) in [6.45, 7) is 2.10. The molecule has 1 N–H and O–H groups in total. The van der Waals surface area contributed by atoms with Crippen LogP contribution < -0.4 is 5.32 Å². The molecule has 8 nitrogen and oxygen atoms in total. The fourth-order valence-electron chi connectivity index (χ4n) is 4.10. The largest absolute Gasteiger partial charge is 0.345 e. The number of rotatable bonds is 8. The Morgan fingerprint density at radius 2 is 1.89 bits per heavy atom. The Labute approximate surface area is 227 Å². The van der Waals surface area contributed by atoms with E-state index < -0.39 is 11.7 Å². The van der Waals surface area contributed by atoms with Crippen LogP contribution >= 0.6 is 23.1 Å². The minimum absolute atomic E-state index is 0.0360. The quantitative estimate of drug-likeness (QED) is 0.322. The Morgan fingerprint density at radius 3 is 2.63 bits per heavy atom. The highest BCUT2D eigenvalue weighted by molar-refractivity contribution is 7.99. The van der Waals surface area contributed by atoms with E-state index in [1.54, 1.807) is 34.0 Å². The number of benzene rings is 2. The van der Waals surface area contributed by atoms with E-state index >= 15 is 0 Å². The highest BCUT2D eigenvalue weighted by atomic mass is 32.2. The van der Waals surface area contributed by atoms with Crippen LogP contribution in [0.4, 0.5) is 4.39 Å². The van der Waals surface area contributed by atoms with Gasteiger partial charge < -0.3 is 9.88 Å². The molecule has 1 aliphatic heterocycles. The average molecular weight is 549 g/mol. The molecule has 0 bridgehead atoms. The first-order chi connectivity index (χ1) is 18.4. The number of carbonyl (C=O) groups is 2. The zero-order chi connectivity index (χ0) is 26.6. The number of halogens is 1. The predicted molar refractivity (Wildman–Crippen MR) is 146 cm³/mol. The first kappa shape index (κ1) is 25.8. The molecule has 4 aromatic rings. The van der Waals surface area contributed by atoms with E-state index in [0.29, 0.717) is 17.4 Å². The standard InChI is InChI=1S/C27H25FN6O2S2/c1-17-9-11-18(12-10-17)22-14-21(23-8-5-13-37-23)32-34(22)25(35)16-38-27-31-30-24(33(27)2)15-29-26(36)19-6-3-4-7-20(19)28/h3-13,22H,14-16H2,1-2H3,(H,29,36). The molecule has 0 saturated heterocycles. The normalized spacial score (nSPS) is 15.0. The molecule has 2 aromatic carbocycles. The highest BCUT2D eigenvalue weighted by Crippen LogP contribution is 2.34. The maximum Gasteiger partial charge on any atom is 0.254 e. The van der Waals surface area contributed by atoms with E-state index in [1.807, 2.05) is 48.7 Å². The Kier molecular flexibility index (Phi) is 7.66. The van der Waals surface area contributed by atoms with Crippen LogP contribution in [0.3, 0.4) is 0 Å². The molecule has 1 unspecified atom stereocenters. The minimum atomic E-state index is -0.589. The molecule has 194 valence electrons. The fraction of sp³-hybridized carbons (Fsp3) is 0.222. The van der Waals surface area contributed by atoms with Crippen LogP contribution in [0.15, 0.2) is 76.3 Å². The summed E-state index contributed by atoms with van der Waals surface area (Å²) in [5.74, 6) is -0.651. The highest BCUT2D eigenvalue weighted by Gasteiger charge is 2.33. The van der Waals surface area contributed by atoms with Crippen LogP contribution in [0.5, 0.6) is 0 Å². The van der Waals surface area contributed by atoms with Crippen molar-refractivity contribution in [3.8, 4) is 0 Å². The summed E-state index contributed by atoms with van der Waals surface area (Å²) in [4.78, 5) is 26.7. The van der Waals surface area contributed by atoms with Gasteiger partial charge in [0.05, 0.1) is 34.5 Å². The number of thioether (sulfide) groups is 1. The summed E-state index contributed by atoms with van der Waals surface area (Å²) in [7, 11) is 1.76. The third kappa shape index (κ3) is 5.53. The Hall–Kier alpha value is -3.83. The zero-order valence-electron chi connectivity index (χ0n) is 20.8. The van der Waals surface area contributed by atoms with Gasteiger partial charge in [-0.1, -0.05) is 59.8 Å². The van der Waals surface area contributed by atoms with Gasteiger partial charge in [0, 0.05) is 13.5 Å². The second-order valence-electron chi connectivity index (χ2n) is 8.80. The first-order valence-corrected chi connectivity index (χ1v) is 13.8. The number of thiophene rings is 1. The van der Waals surface area contributed by atoms with Crippen LogP contribution in [-0.4, -0.2) is 43.1 Å². The number of amides is 2. The minimum Gasteiger partial charge on any atom is -0.345 e. The lowest BCUT2D eigenvalue weighted by atomic mass is 10.00. The van der Waals surface area contributed by atoms with Crippen LogP contribution in [0.2, 0.25) is 0 Å². The molecule has 0 aliphatic carbocycles. The second kappa shape index (κ2) is 11.3. The number of hydrogen-bond acceptors (Lipinski definition) is 7. The summed E-state index contributed by atoms with van der Waals surface area (Å²) < 4.78 is 15.6. The Bertz CT molecular complexity index is 1480. The van der Waals surface area contributed by atoms with Crippen molar-refractivity contribution in [1.82, 2.24) is 25.1 Å². The smallest absolute Gasteiger partial charge is 0.254 e. The summed E-state index contributed by atoms with van der Waals surface area (Å²) >= 11 is 2.86. The third-order valence-corrected chi connectivity index (χ3v) is 8.13. The van der Waals surface area contributed by atoms with Gasteiger partial charge >= 0.3 is 0 Å². The topological polar surface area (TPSA) is 92.5 Å². The molecule has 0 spiro atoms. The molecule has 38 heavy (non-hydrogen) atoms. The maximum atomic E-state index is 13.9. The fourth-order valence-corrected chi connectivity index (χ4v) is 5.60. The molecule has 0 saturated carbocycles. The molecule has 0 fully saturated rings. The van der Waals surface area contributed by atoms with Crippen molar-refractivity contribution in [2.45, 2.75) is 31.1 Å². The molecule has 1 atom stereocenters. The molecule has 2 amide bonds. The number of hydrazone groups is 1. The van der Waals surface area contributed by atoms with Gasteiger partial charge in [-0.05, 0) is 36.1 Å². The van der Waals surface area contributed by atoms with Crippen molar-refractivity contribution >= 4 is 40.6 Å². The number of nitrogens with zero attached hydrogens (tertiary/aromatic N) is 5. The summed E-state index contributed by atoms with van der Waals surface area (Å²) in [6, 6.07) is 17.8. The van der Waals surface area contributed by atoms with Gasteiger partial charge in [-0.25, -0.2) is 9.40 Å². The van der Waals surface area contributed by atoms with E-state index in [2.05, 4.69) is 15.5 Å². The first-order valence-electron chi connectivity index (χ1n) is 11.9. The molecular formula is C27H25FN6O2S2. The van der Waals surface area contributed by atoms with Crippen molar-refractivity contribution in [3.63, 3.8) is 0 Å². The van der Waals surface area contributed by atoms with E-state index in [9.17, 15) is 14.0 Å². The van der Waals surface area contributed by atoms with E-state index in [0.717, 1.165) is 21.7 Å². The van der Waals surface area contributed by atoms with Crippen molar-refractivity contribution in [2.24, 2.45) is 12.1 Å². The van der Waals surface area contributed by atoms with Crippen molar-refractivity contribution in [1.29, 1.82) is 0 Å². The number of aryl methyl sites for hydroxylation is 1. The molecule has 11 heteroatoms. The summed E-state index contributed by atoms with van der Waals surface area (Å²) in [6.07, 6.45) is 0.649. The van der Waals surface area contributed by atoms with Crippen LogP contribution in [0.1, 0.15) is 44.6 Å². The van der Waals surface area contributed by atoms with Crippen LogP contribution in [-0.2, 0) is 18.4 Å². The van der Waals surface area contributed by atoms with Crippen molar-refractivity contribution in [2.75, 3.05) is 5.75 Å². The number of aromatic nitrogens is 3. The summed E-state index contributed by atoms with van der Waals surface area (Å²) in [5.41, 5.74) is 3.06. The van der Waals surface area contributed by atoms with Gasteiger partial charge in [0.15, 0.2) is 11.0 Å². The lowest BCUT2D eigenvalue weighted by Gasteiger charge is -2.22. The molecule has 2 aromatic heterocycles. The number of carbonyl (C=O) groups excluding carboxylic acids is 2. The van der Waals surface area contributed by atoms with Gasteiger partial charge in [0.25, 0.3) is 11.8 Å². The van der Waals surface area contributed by atoms with Gasteiger partial charge in [0.1, 0.15) is 5.82 Å². The monoisotopic (exact) mass is 548 g/mol. The van der Waals surface area contributed by atoms with Crippen molar-refractivity contribution in [3.05, 3.63) is 99.3 Å². The van der Waals surface area contributed by atoms with Crippen molar-refractivity contribution < 1.29 is 14.0 Å². The molecule has 5 rings (SSSR count). The Morgan fingerprint density at radius 1 is 1.11 bits per heavy atom. The van der Waals surface area contributed by atoms with Gasteiger partial charge in [-0.3, -0.25) is 9.59 Å². The maximum absolute atomic E-state index is 13.9. The predicted octanol–water partition coefficient (Wildman–Crippen LogP) is 4.72.